The molecule has 0 saturated heterocycles. The van der Waals surface area contributed by atoms with Crippen molar-refractivity contribution in [2.75, 3.05) is 26.4 Å². The Morgan fingerprint density at radius 2 is 1.38 bits per heavy atom. The molecular weight excluding hydrogens is 580 g/mol. The number of allylic oxidation sites excluding steroid dienone is 2. The SMILES string of the molecule is C=CC(=O)OCCCCOC1=CCC(C(=O)Oc2ccc(OC(=O)c3ccc(OCCCCOC(=O)C=C)cc3)c(C)c2)C=C1. The molecule has 45 heavy (non-hydrogen) atoms. The largest absolute Gasteiger partial charge is 0.494 e. The zero-order chi connectivity index (χ0) is 32.4. The van der Waals surface area contributed by atoms with E-state index in [1.807, 2.05) is 6.08 Å². The quantitative estimate of drug-likeness (QED) is 0.0851. The molecule has 0 heterocycles. The van der Waals surface area contributed by atoms with E-state index in [2.05, 4.69) is 13.2 Å². The highest BCUT2D eigenvalue weighted by Gasteiger charge is 2.21. The fourth-order valence-corrected chi connectivity index (χ4v) is 3.97. The third-order valence-corrected chi connectivity index (χ3v) is 6.46. The van der Waals surface area contributed by atoms with Crippen LogP contribution in [0.2, 0.25) is 0 Å². The van der Waals surface area contributed by atoms with Gasteiger partial charge in [-0.1, -0.05) is 19.2 Å². The summed E-state index contributed by atoms with van der Waals surface area (Å²) >= 11 is 0. The molecule has 0 bridgehead atoms. The van der Waals surface area contributed by atoms with Gasteiger partial charge < -0.3 is 28.4 Å². The highest BCUT2D eigenvalue weighted by atomic mass is 16.5. The van der Waals surface area contributed by atoms with Crippen LogP contribution in [0.5, 0.6) is 17.2 Å². The fourth-order valence-electron chi connectivity index (χ4n) is 3.97. The van der Waals surface area contributed by atoms with Gasteiger partial charge in [-0.2, -0.15) is 0 Å². The van der Waals surface area contributed by atoms with Gasteiger partial charge >= 0.3 is 23.9 Å². The number of aryl methyl sites for hydroxylation is 1. The molecule has 2 aromatic carbocycles. The van der Waals surface area contributed by atoms with E-state index < -0.39 is 29.8 Å². The first kappa shape index (κ1) is 34.4. The Morgan fingerprint density at radius 3 is 1.96 bits per heavy atom. The molecule has 238 valence electrons. The number of carbonyl (C=O) groups excluding carboxylic acids is 4. The monoisotopic (exact) mass is 618 g/mol. The number of hydrogen-bond donors (Lipinski definition) is 0. The van der Waals surface area contributed by atoms with E-state index in [1.54, 1.807) is 61.5 Å². The topological polar surface area (TPSA) is 124 Å². The van der Waals surface area contributed by atoms with Gasteiger partial charge in [0.1, 0.15) is 23.0 Å². The summed E-state index contributed by atoms with van der Waals surface area (Å²) in [6, 6.07) is 11.4. The molecule has 1 unspecified atom stereocenters. The van der Waals surface area contributed by atoms with Crippen LogP contribution in [0.3, 0.4) is 0 Å². The van der Waals surface area contributed by atoms with Gasteiger partial charge in [-0.15, -0.1) is 0 Å². The third kappa shape index (κ3) is 12.2. The predicted octanol–water partition coefficient (Wildman–Crippen LogP) is 5.99. The summed E-state index contributed by atoms with van der Waals surface area (Å²) in [7, 11) is 0. The standard InChI is InChI=1S/C35H38O10/c1-4-32(36)42-22-8-6-20-40-28-14-10-26(11-15-28)34(38)44-30-18-19-31(25(3)24-30)45-35(39)27-12-16-29(17-13-27)41-21-7-9-23-43-33(37)5-2/h4-5,10,12-19,24,26H,1-2,6-9,11,20-23H2,3H3. The molecule has 0 spiro atoms. The van der Waals surface area contributed by atoms with E-state index in [0.717, 1.165) is 12.2 Å². The molecule has 0 fully saturated rings. The van der Waals surface area contributed by atoms with Gasteiger partial charge in [0, 0.05) is 12.2 Å². The second kappa shape index (κ2) is 18.5. The Bertz CT molecular complexity index is 1400. The summed E-state index contributed by atoms with van der Waals surface area (Å²) in [5.41, 5.74) is 0.976. The van der Waals surface area contributed by atoms with E-state index in [-0.39, 0.29) is 0 Å². The second-order valence-electron chi connectivity index (χ2n) is 9.92. The smallest absolute Gasteiger partial charge is 0.343 e. The van der Waals surface area contributed by atoms with Crippen LogP contribution in [0, 0.1) is 12.8 Å². The van der Waals surface area contributed by atoms with Gasteiger partial charge in [0.15, 0.2) is 0 Å². The van der Waals surface area contributed by atoms with E-state index in [0.29, 0.717) is 92.7 Å². The molecule has 1 atom stereocenters. The molecule has 0 amide bonds. The third-order valence-electron chi connectivity index (χ3n) is 6.46. The van der Waals surface area contributed by atoms with E-state index in [9.17, 15) is 19.2 Å². The van der Waals surface area contributed by atoms with Crippen molar-refractivity contribution in [2.24, 2.45) is 5.92 Å². The predicted molar refractivity (Wildman–Crippen MR) is 166 cm³/mol. The molecule has 1 aliphatic rings. The first-order chi connectivity index (χ1) is 21.8. The lowest BCUT2D eigenvalue weighted by Gasteiger charge is -2.16. The zero-order valence-electron chi connectivity index (χ0n) is 25.4. The summed E-state index contributed by atoms with van der Waals surface area (Å²) in [6.07, 6.45) is 10.8. The molecule has 0 aliphatic heterocycles. The average Bonchev–Trinajstić information content (AvgIpc) is 3.05. The van der Waals surface area contributed by atoms with Crippen molar-refractivity contribution >= 4 is 23.9 Å². The van der Waals surface area contributed by atoms with Crippen LogP contribution in [-0.2, 0) is 28.6 Å². The van der Waals surface area contributed by atoms with Crippen LogP contribution in [-0.4, -0.2) is 50.3 Å². The van der Waals surface area contributed by atoms with Gasteiger partial charge in [0.25, 0.3) is 0 Å². The average molecular weight is 619 g/mol. The van der Waals surface area contributed by atoms with Crippen molar-refractivity contribution in [1.29, 1.82) is 0 Å². The first-order valence-corrected chi connectivity index (χ1v) is 14.7. The molecule has 0 radical (unpaired) electrons. The van der Waals surface area contributed by atoms with Crippen LogP contribution in [0.4, 0.5) is 0 Å². The minimum absolute atomic E-state index is 0.302. The lowest BCUT2D eigenvalue weighted by Crippen LogP contribution is -2.20. The Hall–Kier alpha value is -5.12. The number of hydrogen-bond acceptors (Lipinski definition) is 10. The number of rotatable bonds is 18. The molecular formula is C35H38O10. The van der Waals surface area contributed by atoms with E-state index in [1.165, 1.54) is 0 Å². The van der Waals surface area contributed by atoms with Crippen molar-refractivity contribution in [3.8, 4) is 17.2 Å². The summed E-state index contributed by atoms with van der Waals surface area (Å²) in [4.78, 5) is 47.4. The van der Waals surface area contributed by atoms with Crippen LogP contribution < -0.4 is 14.2 Å². The van der Waals surface area contributed by atoms with Crippen molar-refractivity contribution in [1.82, 2.24) is 0 Å². The molecule has 10 heteroatoms. The van der Waals surface area contributed by atoms with Gasteiger partial charge in [-0.05, 0) is 99.2 Å². The Labute approximate surface area is 262 Å². The van der Waals surface area contributed by atoms with E-state index >= 15 is 0 Å². The molecule has 0 saturated carbocycles. The highest BCUT2D eigenvalue weighted by molar-refractivity contribution is 5.91. The molecule has 3 rings (SSSR count). The maximum atomic E-state index is 12.7. The lowest BCUT2D eigenvalue weighted by atomic mass is 10.0. The summed E-state index contributed by atoms with van der Waals surface area (Å²) in [5.74, 6) is -0.328. The highest BCUT2D eigenvalue weighted by Crippen LogP contribution is 2.27. The number of unbranched alkanes of at least 4 members (excludes halogenated alkanes) is 2. The lowest BCUT2D eigenvalue weighted by molar-refractivity contribution is -0.138. The molecule has 2 aromatic rings. The van der Waals surface area contributed by atoms with Gasteiger partial charge in [-0.25, -0.2) is 14.4 Å². The van der Waals surface area contributed by atoms with Crippen molar-refractivity contribution < 1.29 is 47.6 Å². The number of ether oxygens (including phenoxy) is 6. The summed E-state index contributed by atoms with van der Waals surface area (Å²) < 4.78 is 32.3. The van der Waals surface area contributed by atoms with Crippen molar-refractivity contribution in [3.05, 3.63) is 103 Å². The van der Waals surface area contributed by atoms with Crippen molar-refractivity contribution in [3.63, 3.8) is 0 Å². The number of esters is 4. The summed E-state index contributed by atoms with van der Waals surface area (Å²) in [6.45, 7) is 9.96. The van der Waals surface area contributed by atoms with Crippen LogP contribution >= 0.6 is 0 Å². The maximum Gasteiger partial charge on any atom is 0.343 e. The number of benzene rings is 2. The molecule has 1 aliphatic carbocycles. The van der Waals surface area contributed by atoms with Crippen LogP contribution in [0.25, 0.3) is 0 Å². The van der Waals surface area contributed by atoms with Crippen molar-refractivity contribution in [2.45, 2.75) is 39.0 Å². The zero-order valence-corrected chi connectivity index (χ0v) is 25.4. The normalized spacial score (nSPS) is 13.5. The van der Waals surface area contributed by atoms with Gasteiger partial charge in [0.05, 0.1) is 37.9 Å². The first-order valence-electron chi connectivity index (χ1n) is 14.7. The fraction of sp³-hybridized carbons (Fsp3) is 0.314. The molecule has 0 aromatic heterocycles. The Kier molecular flexibility index (Phi) is 14.1. The van der Waals surface area contributed by atoms with Crippen LogP contribution in [0.15, 0.2) is 91.8 Å². The van der Waals surface area contributed by atoms with Crippen LogP contribution in [0.1, 0.15) is 48.0 Å². The maximum absolute atomic E-state index is 12.7. The second-order valence-corrected chi connectivity index (χ2v) is 9.92. The number of carbonyl (C=O) groups is 4. The van der Waals surface area contributed by atoms with Gasteiger partial charge in [-0.3, -0.25) is 4.79 Å². The summed E-state index contributed by atoms with van der Waals surface area (Å²) in [5, 5.41) is 0. The molecule has 10 nitrogen and oxygen atoms in total. The van der Waals surface area contributed by atoms with E-state index in [4.69, 9.17) is 28.4 Å². The minimum Gasteiger partial charge on any atom is -0.494 e. The molecule has 0 N–H and O–H groups in total. The Balaban J connectivity index is 1.38. The minimum atomic E-state index is -0.535. The Morgan fingerprint density at radius 1 is 0.778 bits per heavy atom. The van der Waals surface area contributed by atoms with Gasteiger partial charge in [0.2, 0.25) is 0 Å².